The van der Waals surface area contributed by atoms with E-state index in [1.165, 1.54) is 12.1 Å². The molecule has 1 heterocycles. The first-order chi connectivity index (χ1) is 12.4. The van der Waals surface area contributed by atoms with E-state index in [9.17, 15) is 37.0 Å². The second-order valence-corrected chi connectivity index (χ2v) is 8.15. The molecular weight excluding hydrogens is 389 g/mol. The molecule has 12 heteroatoms. The first-order valence-corrected chi connectivity index (χ1v) is 9.74. The third-order valence-corrected chi connectivity index (χ3v) is 5.56. The molecule has 1 saturated heterocycles. The molecule has 0 aromatic heterocycles. The van der Waals surface area contributed by atoms with E-state index in [-0.39, 0.29) is 37.2 Å². The van der Waals surface area contributed by atoms with Gasteiger partial charge < -0.3 is 4.90 Å². The number of nitro benzene ring substituents is 1. The summed E-state index contributed by atoms with van der Waals surface area (Å²) in [6.45, 7) is -1.10. The maximum Gasteiger partial charge on any atom is 0.402 e. The van der Waals surface area contributed by atoms with Crippen LogP contribution in [0.2, 0.25) is 0 Å². The lowest BCUT2D eigenvalue weighted by Gasteiger charge is -2.38. The van der Waals surface area contributed by atoms with Crippen molar-refractivity contribution in [3.05, 3.63) is 33.9 Å². The highest BCUT2D eigenvalue weighted by Crippen LogP contribution is 2.30. The molecule has 0 bridgehead atoms. The fraction of sp³-hybridized carbons (Fsp3) is 0.533. The second-order valence-electron chi connectivity index (χ2n) is 6.21. The maximum atomic E-state index is 12.7. The van der Waals surface area contributed by atoms with Crippen molar-refractivity contribution in [1.29, 1.82) is 5.26 Å². The van der Waals surface area contributed by atoms with E-state index in [1.807, 2.05) is 6.07 Å². The summed E-state index contributed by atoms with van der Waals surface area (Å²) >= 11 is 0. The van der Waals surface area contributed by atoms with Crippen molar-refractivity contribution in [1.82, 2.24) is 4.31 Å². The average Bonchev–Trinajstić information content (AvgIpc) is 2.57. The van der Waals surface area contributed by atoms with E-state index in [1.54, 1.807) is 4.90 Å². The first kappa shape index (κ1) is 20.9. The molecule has 27 heavy (non-hydrogen) atoms. The second kappa shape index (κ2) is 7.69. The van der Waals surface area contributed by atoms with Gasteiger partial charge in [-0.15, -0.1) is 0 Å². The van der Waals surface area contributed by atoms with Crippen LogP contribution in [0, 0.1) is 21.4 Å². The van der Waals surface area contributed by atoms with Gasteiger partial charge in [0.1, 0.15) is 12.6 Å². The van der Waals surface area contributed by atoms with E-state index < -0.39 is 33.7 Å². The number of anilines is 1. The van der Waals surface area contributed by atoms with Crippen molar-refractivity contribution in [3.8, 4) is 6.07 Å². The molecule has 8 nitrogen and oxygen atoms in total. The lowest BCUT2D eigenvalue weighted by atomic mass is 10.0. The van der Waals surface area contributed by atoms with Gasteiger partial charge in [-0.25, -0.2) is 8.42 Å². The molecule has 148 valence electrons. The van der Waals surface area contributed by atoms with Crippen LogP contribution in [0.5, 0.6) is 0 Å². The topological polar surface area (TPSA) is 108 Å². The Hall–Kier alpha value is -2.39. The summed E-state index contributed by atoms with van der Waals surface area (Å²) in [4.78, 5) is 11.9. The van der Waals surface area contributed by atoms with Gasteiger partial charge in [0, 0.05) is 31.3 Å². The number of hydrogen-bond donors (Lipinski definition) is 0. The Bertz CT molecular complexity index is 859. The number of nitro groups is 1. The summed E-state index contributed by atoms with van der Waals surface area (Å²) in [5.74, 6) is 0. The molecule has 0 radical (unpaired) electrons. The highest BCUT2D eigenvalue weighted by atomic mass is 32.2. The summed E-state index contributed by atoms with van der Waals surface area (Å²) in [5.41, 5.74) is 0.278. The number of non-ortho nitro benzene ring substituents is 1. The predicted octanol–water partition coefficient (Wildman–Crippen LogP) is 2.26. The van der Waals surface area contributed by atoms with Gasteiger partial charge in [0.25, 0.3) is 5.69 Å². The van der Waals surface area contributed by atoms with E-state index in [0.29, 0.717) is 9.99 Å². The summed E-state index contributed by atoms with van der Waals surface area (Å²) in [5, 5.41) is 20.0. The van der Waals surface area contributed by atoms with Crippen LogP contribution in [0.1, 0.15) is 18.4 Å². The molecule has 1 fully saturated rings. The molecule has 1 aliphatic rings. The van der Waals surface area contributed by atoms with Crippen molar-refractivity contribution in [2.75, 3.05) is 30.8 Å². The summed E-state index contributed by atoms with van der Waals surface area (Å²) in [6, 6.07) is 4.87. The molecule has 0 unspecified atom stereocenters. The minimum atomic E-state index is -4.65. The first-order valence-electron chi connectivity index (χ1n) is 7.89. The SMILES string of the molecule is CS(=O)(=O)N(CC(F)(F)F)C1CCN(c2ccc([N+](=O)[O-])cc2C#N)CC1. The largest absolute Gasteiger partial charge is 0.402 e. The van der Waals surface area contributed by atoms with Crippen LogP contribution in [0.15, 0.2) is 18.2 Å². The number of benzene rings is 1. The number of hydrogen-bond acceptors (Lipinski definition) is 6. The Morgan fingerprint density at radius 2 is 1.96 bits per heavy atom. The molecule has 0 amide bonds. The monoisotopic (exact) mass is 406 g/mol. The van der Waals surface area contributed by atoms with Crippen LogP contribution in [0.3, 0.4) is 0 Å². The number of rotatable bonds is 5. The Morgan fingerprint density at radius 1 is 1.37 bits per heavy atom. The Labute approximate surface area is 154 Å². The molecule has 0 atom stereocenters. The Kier molecular flexibility index (Phi) is 5.96. The van der Waals surface area contributed by atoms with E-state index in [2.05, 4.69) is 0 Å². The maximum absolute atomic E-state index is 12.7. The number of alkyl halides is 3. The third kappa shape index (κ3) is 5.30. The molecule has 0 aliphatic carbocycles. The molecule has 1 aromatic rings. The Morgan fingerprint density at radius 3 is 2.41 bits per heavy atom. The van der Waals surface area contributed by atoms with Crippen molar-refractivity contribution in [2.24, 2.45) is 0 Å². The number of nitrogens with zero attached hydrogens (tertiary/aromatic N) is 4. The summed E-state index contributed by atoms with van der Waals surface area (Å²) in [6.07, 6.45) is -3.61. The molecule has 0 N–H and O–H groups in total. The smallest absolute Gasteiger partial charge is 0.370 e. The number of piperidine rings is 1. The van der Waals surface area contributed by atoms with Gasteiger partial charge >= 0.3 is 6.18 Å². The number of nitriles is 1. The average molecular weight is 406 g/mol. The van der Waals surface area contributed by atoms with Gasteiger partial charge in [-0.05, 0) is 18.9 Å². The number of halogens is 3. The van der Waals surface area contributed by atoms with Gasteiger partial charge in [0.15, 0.2) is 0 Å². The molecule has 2 rings (SSSR count). The van der Waals surface area contributed by atoms with Crippen molar-refractivity contribution in [3.63, 3.8) is 0 Å². The molecular formula is C15H17F3N4O4S. The minimum Gasteiger partial charge on any atom is -0.370 e. The fourth-order valence-electron chi connectivity index (χ4n) is 3.09. The predicted molar refractivity (Wildman–Crippen MR) is 90.7 cm³/mol. The van der Waals surface area contributed by atoms with Crippen LogP contribution in [-0.2, 0) is 10.0 Å². The lowest BCUT2D eigenvalue weighted by molar-refractivity contribution is -0.384. The quantitative estimate of drug-likeness (QED) is 0.548. The van der Waals surface area contributed by atoms with Crippen LogP contribution < -0.4 is 4.90 Å². The fourth-order valence-corrected chi connectivity index (χ4v) is 4.22. The van der Waals surface area contributed by atoms with Gasteiger partial charge in [0.2, 0.25) is 10.0 Å². The van der Waals surface area contributed by atoms with Crippen molar-refractivity contribution >= 4 is 21.4 Å². The van der Waals surface area contributed by atoms with Crippen LogP contribution in [0.4, 0.5) is 24.5 Å². The zero-order valence-corrected chi connectivity index (χ0v) is 15.1. The normalized spacial score (nSPS) is 16.4. The summed E-state index contributed by atoms with van der Waals surface area (Å²) < 4.78 is 62.2. The van der Waals surface area contributed by atoms with Gasteiger partial charge in [-0.1, -0.05) is 0 Å². The standard InChI is InChI=1S/C15H17F3N4O4S/c1-27(25,26)21(10-15(16,17)18)12-4-6-20(7-5-12)14-3-2-13(22(23)24)8-11(14)9-19/h2-3,8,12H,4-7,10H2,1H3. The van der Waals surface area contributed by atoms with E-state index in [4.69, 9.17) is 0 Å². The van der Waals surface area contributed by atoms with E-state index >= 15 is 0 Å². The molecule has 0 saturated carbocycles. The molecule has 0 spiro atoms. The van der Waals surface area contributed by atoms with E-state index in [0.717, 1.165) is 12.3 Å². The zero-order chi connectivity index (χ0) is 20.4. The molecule has 1 aromatic carbocycles. The molecule has 1 aliphatic heterocycles. The summed E-state index contributed by atoms with van der Waals surface area (Å²) in [7, 11) is -4.04. The highest BCUT2D eigenvalue weighted by molar-refractivity contribution is 7.88. The number of sulfonamides is 1. The Balaban J connectivity index is 2.17. The van der Waals surface area contributed by atoms with Crippen LogP contribution in [-0.4, -0.2) is 55.8 Å². The minimum absolute atomic E-state index is 0.0814. The van der Waals surface area contributed by atoms with Gasteiger partial charge in [0.05, 0.1) is 22.4 Å². The van der Waals surface area contributed by atoms with Crippen molar-refractivity contribution in [2.45, 2.75) is 25.1 Å². The van der Waals surface area contributed by atoms with Gasteiger partial charge in [-0.3, -0.25) is 10.1 Å². The third-order valence-electron chi connectivity index (χ3n) is 4.28. The van der Waals surface area contributed by atoms with Crippen LogP contribution in [0.25, 0.3) is 0 Å². The van der Waals surface area contributed by atoms with Crippen molar-refractivity contribution < 1.29 is 26.5 Å². The highest BCUT2D eigenvalue weighted by Gasteiger charge is 2.39. The zero-order valence-electron chi connectivity index (χ0n) is 14.3. The van der Waals surface area contributed by atoms with Gasteiger partial charge in [-0.2, -0.15) is 22.7 Å². The van der Waals surface area contributed by atoms with Crippen LogP contribution >= 0.6 is 0 Å². The lowest BCUT2D eigenvalue weighted by Crippen LogP contribution is -2.50.